The van der Waals surface area contributed by atoms with E-state index in [4.69, 9.17) is 0 Å². The maximum atomic E-state index is 11.9. The molecule has 0 fully saturated rings. The Balaban J connectivity index is 2.83. The van der Waals surface area contributed by atoms with Crippen molar-refractivity contribution in [2.75, 3.05) is 0 Å². The summed E-state index contributed by atoms with van der Waals surface area (Å²) in [7, 11) is 0. The van der Waals surface area contributed by atoms with Gasteiger partial charge in [0.05, 0.1) is 0 Å². The van der Waals surface area contributed by atoms with Crippen LogP contribution in [0, 0.1) is 3.57 Å². The number of carbonyl (C=O) groups is 1. The first kappa shape index (κ1) is 12.4. The highest BCUT2D eigenvalue weighted by Gasteiger charge is 2.08. The Morgan fingerprint density at radius 1 is 1.53 bits per heavy atom. The molecule has 0 spiro atoms. The van der Waals surface area contributed by atoms with Gasteiger partial charge in [0.2, 0.25) is 0 Å². The molecule has 1 aromatic rings. The van der Waals surface area contributed by atoms with Gasteiger partial charge in [0.25, 0.3) is 0 Å². The quantitative estimate of drug-likeness (QED) is 0.795. The molecule has 1 aromatic carbocycles. The molecule has 1 rings (SSSR count). The molecule has 0 saturated carbocycles. The lowest BCUT2D eigenvalue weighted by Gasteiger charge is -2.07. The van der Waals surface area contributed by atoms with Gasteiger partial charge in [0.15, 0.2) is 0 Å². The van der Waals surface area contributed by atoms with Crippen molar-refractivity contribution in [1.29, 1.82) is 0 Å². The molecule has 5 heteroatoms. The molecule has 2 nitrogen and oxygen atoms in total. The molecule has 0 aliphatic heterocycles. The van der Waals surface area contributed by atoms with Gasteiger partial charge in [-0.2, -0.15) is 8.78 Å². The molecule has 0 aliphatic rings. The van der Waals surface area contributed by atoms with Crippen LogP contribution in [0.2, 0.25) is 0 Å². The average molecular weight is 326 g/mol. The summed E-state index contributed by atoms with van der Waals surface area (Å²) in [5.74, 6) is 0.150. The van der Waals surface area contributed by atoms with Gasteiger partial charge < -0.3 is 4.74 Å². The zero-order valence-electron chi connectivity index (χ0n) is 7.97. The molecule has 0 aliphatic carbocycles. The third kappa shape index (κ3) is 4.11. The predicted molar refractivity (Wildman–Crippen MR) is 60.2 cm³/mol. The van der Waals surface area contributed by atoms with Crippen LogP contribution in [0.4, 0.5) is 8.78 Å². The van der Waals surface area contributed by atoms with Crippen LogP contribution in [0.15, 0.2) is 18.2 Å². The second kappa shape index (κ2) is 5.39. The smallest absolute Gasteiger partial charge is 0.387 e. The Labute approximate surface area is 99.8 Å². The lowest BCUT2D eigenvalue weighted by atomic mass is 10.1. The molecule has 0 radical (unpaired) electrons. The maximum Gasteiger partial charge on any atom is 0.387 e. The van der Waals surface area contributed by atoms with Crippen molar-refractivity contribution >= 4 is 28.4 Å². The number of ketones is 1. The molecule has 15 heavy (non-hydrogen) atoms. The largest absolute Gasteiger partial charge is 0.435 e. The fourth-order valence-electron chi connectivity index (χ4n) is 1.12. The normalized spacial score (nSPS) is 10.5. The number of hydrogen-bond acceptors (Lipinski definition) is 2. The number of alkyl halides is 2. The fraction of sp³-hybridized carbons (Fsp3) is 0.300. The van der Waals surface area contributed by atoms with E-state index in [-0.39, 0.29) is 11.5 Å². The summed E-state index contributed by atoms with van der Waals surface area (Å²) in [5, 5.41) is 0. The Kier molecular flexibility index (Phi) is 4.44. The highest BCUT2D eigenvalue weighted by atomic mass is 127. The lowest BCUT2D eigenvalue weighted by molar-refractivity contribution is -0.116. The highest BCUT2D eigenvalue weighted by molar-refractivity contribution is 14.1. The van der Waals surface area contributed by atoms with Crippen molar-refractivity contribution in [3.05, 3.63) is 27.3 Å². The second-order valence-corrected chi connectivity index (χ2v) is 4.17. The Morgan fingerprint density at radius 2 is 2.20 bits per heavy atom. The Bertz CT molecular complexity index is 366. The molecule has 0 aromatic heterocycles. The minimum Gasteiger partial charge on any atom is -0.435 e. The van der Waals surface area contributed by atoms with Crippen molar-refractivity contribution in [3.63, 3.8) is 0 Å². The van der Waals surface area contributed by atoms with Crippen LogP contribution in [0.3, 0.4) is 0 Å². The van der Waals surface area contributed by atoms with Crippen molar-refractivity contribution < 1.29 is 18.3 Å². The van der Waals surface area contributed by atoms with Gasteiger partial charge >= 0.3 is 6.61 Å². The zero-order chi connectivity index (χ0) is 11.4. The van der Waals surface area contributed by atoms with Crippen LogP contribution in [-0.2, 0) is 11.2 Å². The van der Waals surface area contributed by atoms with Crippen molar-refractivity contribution in [1.82, 2.24) is 0 Å². The molecule has 0 unspecified atom stereocenters. The minimum absolute atomic E-state index is 0.0374. The van der Waals surface area contributed by atoms with Crippen LogP contribution in [-0.4, -0.2) is 12.4 Å². The van der Waals surface area contributed by atoms with Crippen LogP contribution in [0.5, 0.6) is 5.75 Å². The number of carbonyl (C=O) groups excluding carboxylic acids is 1. The van der Waals surface area contributed by atoms with Crippen LogP contribution in [0.25, 0.3) is 0 Å². The van der Waals surface area contributed by atoms with Crippen LogP contribution in [0.1, 0.15) is 12.5 Å². The van der Waals surface area contributed by atoms with E-state index in [1.54, 1.807) is 6.07 Å². The molecule has 0 heterocycles. The number of Topliss-reactive ketones (excluding diaryl/α,β-unsaturated/α-hetero) is 1. The van der Waals surface area contributed by atoms with Gasteiger partial charge in [-0.1, -0.05) is 6.07 Å². The standard InChI is InChI=1S/C10H9F2IO2/c1-6(14)4-7-2-3-8(5-9(7)13)15-10(11)12/h2-3,5,10H,4H2,1H3. The van der Waals surface area contributed by atoms with E-state index in [2.05, 4.69) is 4.74 Å². The maximum absolute atomic E-state index is 11.9. The lowest BCUT2D eigenvalue weighted by Crippen LogP contribution is -2.03. The Hall–Kier alpha value is -0.720. The van der Waals surface area contributed by atoms with Crippen molar-refractivity contribution in [3.8, 4) is 5.75 Å². The molecule has 0 amide bonds. The average Bonchev–Trinajstić information content (AvgIpc) is 2.08. The van der Waals surface area contributed by atoms with Gasteiger partial charge in [-0.25, -0.2) is 0 Å². The number of halogens is 3. The summed E-state index contributed by atoms with van der Waals surface area (Å²) in [4.78, 5) is 10.9. The SMILES string of the molecule is CC(=O)Cc1ccc(OC(F)F)cc1I. The van der Waals surface area contributed by atoms with E-state index < -0.39 is 6.61 Å². The molecular weight excluding hydrogens is 317 g/mol. The second-order valence-electron chi connectivity index (χ2n) is 3.01. The van der Waals surface area contributed by atoms with Crippen LogP contribution >= 0.6 is 22.6 Å². The third-order valence-electron chi connectivity index (χ3n) is 1.69. The van der Waals surface area contributed by atoms with E-state index in [1.807, 2.05) is 22.6 Å². The molecule has 82 valence electrons. The van der Waals surface area contributed by atoms with Gasteiger partial charge in [0.1, 0.15) is 11.5 Å². The highest BCUT2D eigenvalue weighted by Crippen LogP contribution is 2.21. The van der Waals surface area contributed by atoms with Gasteiger partial charge in [0, 0.05) is 9.99 Å². The topological polar surface area (TPSA) is 26.3 Å². The fourth-order valence-corrected chi connectivity index (χ4v) is 1.79. The monoisotopic (exact) mass is 326 g/mol. The Morgan fingerprint density at radius 3 is 2.67 bits per heavy atom. The van der Waals surface area contributed by atoms with Gasteiger partial charge in [-0.15, -0.1) is 0 Å². The first-order valence-corrected chi connectivity index (χ1v) is 5.29. The third-order valence-corrected chi connectivity index (χ3v) is 2.69. The first-order valence-electron chi connectivity index (χ1n) is 4.21. The summed E-state index contributed by atoms with van der Waals surface area (Å²) in [6.45, 7) is -1.33. The van der Waals surface area contributed by atoms with E-state index in [1.165, 1.54) is 19.1 Å². The van der Waals surface area contributed by atoms with E-state index in [0.717, 1.165) is 9.13 Å². The summed E-state index contributed by atoms with van der Waals surface area (Å²) in [6, 6.07) is 4.55. The van der Waals surface area contributed by atoms with E-state index in [9.17, 15) is 13.6 Å². The number of ether oxygens (including phenoxy) is 1. The van der Waals surface area contributed by atoms with Crippen LogP contribution < -0.4 is 4.74 Å². The predicted octanol–water partition coefficient (Wildman–Crippen LogP) is 3.02. The molecule has 0 atom stereocenters. The molecule has 0 saturated heterocycles. The van der Waals surface area contributed by atoms with Crippen molar-refractivity contribution in [2.24, 2.45) is 0 Å². The van der Waals surface area contributed by atoms with E-state index in [0.29, 0.717) is 6.42 Å². The minimum atomic E-state index is -2.82. The summed E-state index contributed by atoms with van der Waals surface area (Å²) < 4.78 is 28.8. The summed E-state index contributed by atoms with van der Waals surface area (Å²) in [6.07, 6.45) is 0.313. The van der Waals surface area contributed by atoms with Gasteiger partial charge in [-0.05, 0) is 47.2 Å². The molecule has 0 N–H and O–H groups in total. The molecular formula is C10H9F2IO2. The molecule has 0 bridgehead atoms. The van der Waals surface area contributed by atoms with E-state index >= 15 is 0 Å². The number of hydrogen-bond donors (Lipinski definition) is 0. The van der Waals surface area contributed by atoms with Crippen molar-refractivity contribution in [2.45, 2.75) is 20.0 Å². The summed E-state index contributed by atoms with van der Waals surface area (Å²) >= 11 is 1.99. The zero-order valence-corrected chi connectivity index (χ0v) is 10.1. The summed E-state index contributed by atoms with van der Waals surface area (Å²) in [5.41, 5.74) is 0.824. The number of rotatable bonds is 4. The number of benzene rings is 1. The van der Waals surface area contributed by atoms with Gasteiger partial charge in [-0.3, -0.25) is 4.79 Å². The first-order chi connectivity index (χ1) is 6.99.